The Kier molecular flexibility index (Phi) is 6.09. The third kappa shape index (κ3) is 3.78. The normalized spacial score (nSPS) is 11.1. The van der Waals surface area contributed by atoms with Gasteiger partial charge in [-0.15, -0.1) is 0 Å². The standard InChI is InChI=1S/C23H22N4O4S/c1-28-18-10-9-14-7-5-6-8-16(14)17(18)13-24-27-22(25-26-23(27)32)15-11-19(29-2)21(31-4)20(12-15)30-3/h5-13H,1-4H3,(H,26,32)/b24-13+. The lowest BCUT2D eigenvalue weighted by atomic mass is 10.0. The van der Waals surface area contributed by atoms with Crippen molar-refractivity contribution in [2.45, 2.75) is 0 Å². The number of rotatable bonds is 7. The Bertz CT molecular complexity index is 1330. The second-order valence-corrected chi connectivity index (χ2v) is 7.11. The number of nitrogens with one attached hydrogen (secondary N) is 1. The molecule has 0 saturated carbocycles. The van der Waals surface area contributed by atoms with E-state index in [1.807, 2.05) is 36.4 Å². The topological polar surface area (TPSA) is 82.9 Å². The van der Waals surface area contributed by atoms with E-state index in [1.54, 1.807) is 46.8 Å². The Balaban J connectivity index is 1.85. The predicted octanol–water partition coefficient (Wildman–Crippen LogP) is 4.68. The summed E-state index contributed by atoms with van der Waals surface area (Å²) in [6, 6.07) is 15.5. The molecule has 4 aromatic rings. The van der Waals surface area contributed by atoms with Crippen LogP contribution in [0.3, 0.4) is 0 Å². The third-order valence-electron chi connectivity index (χ3n) is 5.03. The van der Waals surface area contributed by atoms with Gasteiger partial charge >= 0.3 is 0 Å². The Hall–Kier alpha value is -3.85. The summed E-state index contributed by atoms with van der Waals surface area (Å²) >= 11 is 5.43. The number of methoxy groups -OCH3 is 4. The number of benzene rings is 3. The molecule has 0 aliphatic heterocycles. The average Bonchev–Trinajstić information content (AvgIpc) is 3.21. The molecule has 164 valence electrons. The van der Waals surface area contributed by atoms with E-state index >= 15 is 0 Å². The predicted molar refractivity (Wildman–Crippen MR) is 126 cm³/mol. The molecule has 0 aliphatic rings. The number of hydrogen-bond acceptors (Lipinski definition) is 7. The summed E-state index contributed by atoms with van der Waals surface area (Å²) in [5, 5.41) is 13.9. The van der Waals surface area contributed by atoms with Gasteiger partial charge in [-0.25, -0.2) is 5.10 Å². The monoisotopic (exact) mass is 450 g/mol. The Morgan fingerprint density at radius 2 is 1.59 bits per heavy atom. The summed E-state index contributed by atoms with van der Waals surface area (Å²) in [5.74, 6) is 2.69. The summed E-state index contributed by atoms with van der Waals surface area (Å²) < 4.78 is 23.8. The molecule has 0 amide bonds. The minimum atomic E-state index is 0.337. The first-order valence-electron chi connectivity index (χ1n) is 9.69. The van der Waals surface area contributed by atoms with Crippen molar-refractivity contribution >= 4 is 29.2 Å². The molecule has 1 heterocycles. The minimum absolute atomic E-state index is 0.337. The molecule has 8 nitrogen and oxygen atoms in total. The molecule has 1 aromatic heterocycles. The van der Waals surface area contributed by atoms with E-state index < -0.39 is 0 Å². The van der Waals surface area contributed by atoms with E-state index in [4.69, 9.17) is 31.2 Å². The van der Waals surface area contributed by atoms with Gasteiger partial charge in [-0.3, -0.25) is 0 Å². The largest absolute Gasteiger partial charge is 0.496 e. The van der Waals surface area contributed by atoms with E-state index in [-0.39, 0.29) is 0 Å². The summed E-state index contributed by atoms with van der Waals surface area (Å²) in [5.41, 5.74) is 1.53. The van der Waals surface area contributed by atoms with Gasteiger partial charge < -0.3 is 18.9 Å². The van der Waals surface area contributed by atoms with Gasteiger partial charge in [-0.1, -0.05) is 30.3 Å². The third-order valence-corrected chi connectivity index (χ3v) is 5.29. The molecule has 1 N–H and O–H groups in total. The second-order valence-electron chi connectivity index (χ2n) is 6.73. The van der Waals surface area contributed by atoms with Crippen molar-refractivity contribution in [3.05, 3.63) is 58.9 Å². The molecule has 0 fully saturated rings. The molecular weight excluding hydrogens is 428 g/mol. The minimum Gasteiger partial charge on any atom is -0.496 e. The van der Waals surface area contributed by atoms with Crippen LogP contribution < -0.4 is 18.9 Å². The molecule has 3 aromatic carbocycles. The van der Waals surface area contributed by atoms with Gasteiger partial charge in [0.1, 0.15) is 5.75 Å². The van der Waals surface area contributed by atoms with Crippen LogP contribution in [-0.2, 0) is 0 Å². The van der Waals surface area contributed by atoms with E-state index in [1.165, 1.54) is 4.68 Å². The van der Waals surface area contributed by atoms with Crippen molar-refractivity contribution in [1.82, 2.24) is 14.9 Å². The van der Waals surface area contributed by atoms with E-state index in [9.17, 15) is 0 Å². The van der Waals surface area contributed by atoms with Crippen molar-refractivity contribution in [3.63, 3.8) is 0 Å². The number of fused-ring (bicyclic) bond motifs is 1. The highest BCUT2D eigenvalue weighted by atomic mass is 32.1. The molecule has 0 bridgehead atoms. The van der Waals surface area contributed by atoms with Gasteiger partial charge in [-0.05, 0) is 41.2 Å². The van der Waals surface area contributed by atoms with Crippen LogP contribution in [0.2, 0.25) is 0 Å². The van der Waals surface area contributed by atoms with Crippen LogP contribution in [0.1, 0.15) is 5.56 Å². The average molecular weight is 451 g/mol. The van der Waals surface area contributed by atoms with Crippen LogP contribution in [0.15, 0.2) is 53.6 Å². The lowest BCUT2D eigenvalue weighted by molar-refractivity contribution is 0.324. The number of aromatic amines is 1. The zero-order chi connectivity index (χ0) is 22.7. The van der Waals surface area contributed by atoms with Crippen LogP contribution in [0.25, 0.3) is 22.2 Å². The van der Waals surface area contributed by atoms with E-state index in [0.29, 0.717) is 39.2 Å². The number of ether oxygens (including phenoxy) is 4. The number of hydrogen-bond donors (Lipinski definition) is 1. The first-order chi connectivity index (χ1) is 15.6. The van der Waals surface area contributed by atoms with E-state index in [0.717, 1.165) is 16.3 Å². The molecule has 4 rings (SSSR count). The highest BCUT2D eigenvalue weighted by molar-refractivity contribution is 7.71. The van der Waals surface area contributed by atoms with Crippen LogP contribution >= 0.6 is 12.2 Å². The highest BCUT2D eigenvalue weighted by Crippen LogP contribution is 2.40. The SMILES string of the molecule is COc1cc(-c2n[nH]c(=S)n2/N=C/c2c(OC)ccc3ccccc23)cc(OC)c1OC. The highest BCUT2D eigenvalue weighted by Gasteiger charge is 2.18. The maximum atomic E-state index is 5.56. The lowest BCUT2D eigenvalue weighted by Gasteiger charge is -2.13. The quantitative estimate of drug-likeness (QED) is 0.325. The van der Waals surface area contributed by atoms with Gasteiger partial charge in [-0.2, -0.15) is 14.9 Å². The van der Waals surface area contributed by atoms with Crippen LogP contribution in [-0.4, -0.2) is 49.5 Å². The van der Waals surface area contributed by atoms with Gasteiger partial charge in [0, 0.05) is 11.1 Å². The maximum Gasteiger partial charge on any atom is 0.216 e. The number of nitrogens with zero attached hydrogens (tertiary/aromatic N) is 3. The van der Waals surface area contributed by atoms with Crippen LogP contribution in [0.4, 0.5) is 0 Å². The maximum absolute atomic E-state index is 5.56. The summed E-state index contributed by atoms with van der Waals surface area (Å²) in [6.45, 7) is 0. The smallest absolute Gasteiger partial charge is 0.216 e. The van der Waals surface area contributed by atoms with Crippen molar-refractivity contribution in [1.29, 1.82) is 0 Å². The first-order valence-corrected chi connectivity index (χ1v) is 10.1. The fourth-order valence-corrected chi connectivity index (χ4v) is 3.68. The van der Waals surface area contributed by atoms with Gasteiger partial charge in [0.15, 0.2) is 17.3 Å². The fraction of sp³-hybridized carbons (Fsp3) is 0.174. The van der Waals surface area contributed by atoms with Crippen molar-refractivity contribution < 1.29 is 18.9 Å². The molecule has 0 spiro atoms. The second kappa shape index (κ2) is 9.11. The zero-order valence-electron chi connectivity index (χ0n) is 18.1. The Morgan fingerprint density at radius 3 is 2.25 bits per heavy atom. The van der Waals surface area contributed by atoms with Crippen molar-refractivity contribution in [2.75, 3.05) is 28.4 Å². The summed E-state index contributed by atoms with van der Waals surface area (Å²) in [7, 11) is 6.30. The van der Waals surface area contributed by atoms with Crippen LogP contribution in [0.5, 0.6) is 23.0 Å². The molecule has 0 radical (unpaired) electrons. The molecule has 0 unspecified atom stereocenters. The Labute approximate surface area is 190 Å². The number of aromatic nitrogens is 3. The molecular formula is C23H22N4O4S. The molecule has 0 atom stereocenters. The molecule has 0 saturated heterocycles. The summed E-state index contributed by atoms with van der Waals surface area (Å²) in [4.78, 5) is 0. The molecule has 32 heavy (non-hydrogen) atoms. The van der Waals surface area contributed by atoms with Gasteiger partial charge in [0.25, 0.3) is 0 Å². The molecule has 0 aliphatic carbocycles. The van der Waals surface area contributed by atoms with Crippen LogP contribution in [0, 0.1) is 4.77 Å². The lowest BCUT2D eigenvalue weighted by Crippen LogP contribution is -1.99. The molecule has 9 heteroatoms. The van der Waals surface area contributed by atoms with Gasteiger partial charge in [0.05, 0.1) is 34.7 Å². The Morgan fingerprint density at radius 1 is 0.906 bits per heavy atom. The first kappa shape index (κ1) is 21.4. The number of H-pyrrole nitrogens is 1. The van der Waals surface area contributed by atoms with E-state index in [2.05, 4.69) is 15.3 Å². The van der Waals surface area contributed by atoms with Crippen molar-refractivity contribution in [3.8, 4) is 34.4 Å². The fourth-order valence-electron chi connectivity index (χ4n) is 3.50. The van der Waals surface area contributed by atoms with Gasteiger partial charge in [0.2, 0.25) is 10.5 Å². The summed E-state index contributed by atoms with van der Waals surface area (Å²) in [6.07, 6.45) is 1.72. The van der Waals surface area contributed by atoms with Crippen molar-refractivity contribution in [2.24, 2.45) is 5.10 Å². The zero-order valence-corrected chi connectivity index (χ0v) is 18.9.